The van der Waals surface area contributed by atoms with Crippen molar-refractivity contribution in [1.29, 1.82) is 0 Å². The summed E-state index contributed by atoms with van der Waals surface area (Å²) in [5, 5.41) is 0. The zero-order chi connectivity index (χ0) is 9.84. The number of hydrazine groups is 1. The van der Waals surface area contributed by atoms with Crippen LogP contribution in [0.5, 0.6) is 0 Å². The molecule has 3 N–H and O–H groups in total. The summed E-state index contributed by atoms with van der Waals surface area (Å²) in [6.45, 7) is 5.54. The van der Waals surface area contributed by atoms with Crippen LogP contribution in [0.1, 0.15) is 18.5 Å². The second kappa shape index (κ2) is 4.16. The van der Waals surface area contributed by atoms with Crippen LogP contribution >= 0.6 is 0 Å². The van der Waals surface area contributed by atoms with Gasteiger partial charge in [-0.05, 0) is 13.0 Å². The fourth-order valence-electron chi connectivity index (χ4n) is 1.21. The van der Waals surface area contributed by atoms with Crippen LogP contribution in [-0.4, -0.2) is 0 Å². The van der Waals surface area contributed by atoms with Gasteiger partial charge in [0, 0.05) is 5.56 Å². The van der Waals surface area contributed by atoms with Crippen molar-refractivity contribution < 1.29 is 4.39 Å². The molecule has 0 aliphatic rings. The van der Waals surface area contributed by atoms with Crippen LogP contribution in [-0.2, 0) is 0 Å². The Kier molecular flexibility index (Phi) is 3.17. The van der Waals surface area contributed by atoms with Crippen LogP contribution in [0.25, 0.3) is 0 Å². The lowest BCUT2D eigenvalue weighted by Crippen LogP contribution is -2.29. The summed E-state index contributed by atoms with van der Waals surface area (Å²) in [7, 11) is 0. The minimum Gasteiger partial charge on any atom is -0.271 e. The third-order valence-electron chi connectivity index (χ3n) is 1.88. The van der Waals surface area contributed by atoms with Crippen LogP contribution in [0.15, 0.2) is 36.4 Å². The standard InChI is InChI=1S/C10H13FN2/c1-7(2)10(13-12)8-5-3-4-6-9(8)11/h3-6,10,13H,1,12H2,2H3. The molecule has 13 heavy (non-hydrogen) atoms. The van der Waals surface area contributed by atoms with E-state index in [1.807, 2.05) is 0 Å². The molecule has 0 fully saturated rings. The largest absolute Gasteiger partial charge is 0.271 e. The highest BCUT2D eigenvalue weighted by Crippen LogP contribution is 2.21. The van der Waals surface area contributed by atoms with Crippen LogP contribution in [0.4, 0.5) is 4.39 Å². The molecule has 70 valence electrons. The molecular weight excluding hydrogens is 167 g/mol. The van der Waals surface area contributed by atoms with Crippen molar-refractivity contribution in [2.45, 2.75) is 13.0 Å². The van der Waals surface area contributed by atoms with Crippen LogP contribution < -0.4 is 11.3 Å². The van der Waals surface area contributed by atoms with Gasteiger partial charge in [0.2, 0.25) is 0 Å². The van der Waals surface area contributed by atoms with E-state index in [2.05, 4.69) is 12.0 Å². The Bertz CT molecular complexity index is 310. The number of hydrogen-bond donors (Lipinski definition) is 2. The molecule has 0 amide bonds. The molecule has 0 aliphatic carbocycles. The summed E-state index contributed by atoms with van der Waals surface area (Å²) in [4.78, 5) is 0. The molecular formula is C10H13FN2. The minimum absolute atomic E-state index is 0.270. The summed E-state index contributed by atoms with van der Waals surface area (Å²) in [5.41, 5.74) is 3.83. The molecule has 1 unspecified atom stereocenters. The van der Waals surface area contributed by atoms with Gasteiger partial charge in [-0.2, -0.15) is 0 Å². The van der Waals surface area contributed by atoms with E-state index >= 15 is 0 Å². The Balaban J connectivity index is 3.04. The fourth-order valence-corrected chi connectivity index (χ4v) is 1.21. The third kappa shape index (κ3) is 2.14. The van der Waals surface area contributed by atoms with E-state index in [1.54, 1.807) is 25.1 Å². The van der Waals surface area contributed by atoms with Gasteiger partial charge in [0.25, 0.3) is 0 Å². The SMILES string of the molecule is C=C(C)C(NN)c1ccccc1F. The Hall–Kier alpha value is -1.19. The molecule has 2 nitrogen and oxygen atoms in total. The molecule has 0 heterocycles. The van der Waals surface area contributed by atoms with Crippen LogP contribution in [0.2, 0.25) is 0 Å². The average Bonchev–Trinajstić information content (AvgIpc) is 2.09. The first kappa shape index (κ1) is 9.89. The van der Waals surface area contributed by atoms with E-state index in [4.69, 9.17) is 5.84 Å². The van der Waals surface area contributed by atoms with E-state index < -0.39 is 0 Å². The molecule has 1 aromatic rings. The van der Waals surface area contributed by atoms with Crippen molar-refractivity contribution in [3.63, 3.8) is 0 Å². The van der Waals surface area contributed by atoms with Gasteiger partial charge in [-0.1, -0.05) is 30.4 Å². The van der Waals surface area contributed by atoms with Crippen molar-refractivity contribution >= 4 is 0 Å². The lowest BCUT2D eigenvalue weighted by Gasteiger charge is -2.16. The Morgan fingerprint density at radius 1 is 1.54 bits per heavy atom. The second-order valence-electron chi connectivity index (χ2n) is 2.97. The van der Waals surface area contributed by atoms with Crippen molar-refractivity contribution in [2.24, 2.45) is 5.84 Å². The maximum Gasteiger partial charge on any atom is 0.128 e. The fraction of sp³-hybridized carbons (Fsp3) is 0.200. The van der Waals surface area contributed by atoms with Gasteiger partial charge in [0.05, 0.1) is 6.04 Å². The minimum atomic E-state index is -0.318. The van der Waals surface area contributed by atoms with Gasteiger partial charge in [0.1, 0.15) is 5.82 Å². The normalized spacial score (nSPS) is 12.5. The summed E-state index contributed by atoms with van der Waals surface area (Å²) >= 11 is 0. The number of nitrogens with two attached hydrogens (primary N) is 1. The van der Waals surface area contributed by atoms with E-state index in [0.29, 0.717) is 5.56 Å². The highest BCUT2D eigenvalue weighted by molar-refractivity contribution is 5.27. The van der Waals surface area contributed by atoms with Gasteiger partial charge in [-0.25, -0.2) is 9.82 Å². The van der Waals surface area contributed by atoms with Crippen LogP contribution in [0, 0.1) is 5.82 Å². The maximum atomic E-state index is 13.3. The zero-order valence-corrected chi connectivity index (χ0v) is 7.55. The molecule has 1 aromatic carbocycles. The molecule has 3 heteroatoms. The van der Waals surface area contributed by atoms with Gasteiger partial charge < -0.3 is 0 Å². The highest BCUT2D eigenvalue weighted by Gasteiger charge is 2.13. The molecule has 0 aliphatic heterocycles. The second-order valence-corrected chi connectivity index (χ2v) is 2.97. The van der Waals surface area contributed by atoms with E-state index in [-0.39, 0.29) is 11.9 Å². The van der Waals surface area contributed by atoms with E-state index in [9.17, 15) is 4.39 Å². The van der Waals surface area contributed by atoms with Gasteiger partial charge in [0.15, 0.2) is 0 Å². The predicted octanol–water partition coefficient (Wildman–Crippen LogP) is 1.91. The van der Waals surface area contributed by atoms with Gasteiger partial charge in [-0.15, -0.1) is 0 Å². The van der Waals surface area contributed by atoms with Crippen molar-refractivity contribution in [2.75, 3.05) is 0 Å². The molecule has 0 radical (unpaired) electrons. The first-order chi connectivity index (χ1) is 6.16. The number of nitrogens with one attached hydrogen (secondary N) is 1. The van der Waals surface area contributed by atoms with Crippen molar-refractivity contribution in [1.82, 2.24) is 5.43 Å². The Morgan fingerprint density at radius 2 is 2.15 bits per heavy atom. The molecule has 0 spiro atoms. The molecule has 1 atom stereocenters. The molecule has 0 bridgehead atoms. The first-order valence-corrected chi connectivity index (χ1v) is 4.02. The highest BCUT2D eigenvalue weighted by atomic mass is 19.1. The van der Waals surface area contributed by atoms with Crippen molar-refractivity contribution in [3.05, 3.63) is 47.8 Å². The smallest absolute Gasteiger partial charge is 0.128 e. The zero-order valence-electron chi connectivity index (χ0n) is 7.55. The first-order valence-electron chi connectivity index (χ1n) is 4.02. The summed E-state index contributed by atoms with van der Waals surface area (Å²) in [6, 6.07) is 6.19. The molecule has 0 saturated heterocycles. The van der Waals surface area contributed by atoms with Crippen LogP contribution in [0.3, 0.4) is 0 Å². The molecule has 0 saturated carbocycles. The summed E-state index contributed by atoms with van der Waals surface area (Å²) < 4.78 is 13.3. The summed E-state index contributed by atoms with van der Waals surface area (Å²) in [5.74, 6) is 5.03. The quantitative estimate of drug-likeness (QED) is 0.423. The lowest BCUT2D eigenvalue weighted by molar-refractivity contribution is 0.556. The van der Waals surface area contributed by atoms with E-state index in [1.165, 1.54) is 6.07 Å². The molecule has 1 rings (SSSR count). The third-order valence-corrected chi connectivity index (χ3v) is 1.88. The average molecular weight is 180 g/mol. The number of benzene rings is 1. The number of hydrogen-bond acceptors (Lipinski definition) is 2. The number of halogens is 1. The van der Waals surface area contributed by atoms with Gasteiger partial charge >= 0.3 is 0 Å². The maximum absolute atomic E-state index is 13.3. The lowest BCUT2D eigenvalue weighted by atomic mass is 10.0. The monoisotopic (exact) mass is 180 g/mol. The predicted molar refractivity (Wildman–Crippen MR) is 51.3 cm³/mol. The van der Waals surface area contributed by atoms with Gasteiger partial charge in [-0.3, -0.25) is 5.84 Å². The Morgan fingerprint density at radius 3 is 2.62 bits per heavy atom. The summed E-state index contributed by atoms with van der Waals surface area (Å²) in [6.07, 6.45) is 0. The van der Waals surface area contributed by atoms with E-state index in [0.717, 1.165) is 5.57 Å². The molecule has 0 aromatic heterocycles. The Labute approximate surface area is 77.2 Å². The number of rotatable bonds is 3. The van der Waals surface area contributed by atoms with Crippen molar-refractivity contribution in [3.8, 4) is 0 Å². The topological polar surface area (TPSA) is 38.0 Å².